The highest BCUT2D eigenvalue weighted by atomic mass is 14.5. The van der Waals surface area contributed by atoms with Crippen LogP contribution in [0.2, 0.25) is 0 Å². The minimum Gasteiger partial charge on any atom is -0.327 e. The zero-order valence-electron chi connectivity index (χ0n) is 8.38. The molecule has 1 heteroatoms. The van der Waals surface area contributed by atoms with Crippen LogP contribution in [-0.2, 0) is 6.42 Å². The summed E-state index contributed by atoms with van der Waals surface area (Å²) in [5, 5.41) is 0. The van der Waals surface area contributed by atoms with E-state index < -0.39 is 0 Å². The van der Waals surface area contributed by atoms with Gasteiger partial charge < -0.3 is 5.73 Å². The fourth-order valence-corrected chi connectivity index (χ4v) is 1.42. The van der Waals surface area contributed by atoms with E-state index in [9.17, 15) is 0 Å². The Balaban J connectivity index is 2.89. The van der Waals surface area contributed by atoms with Gasteiger partial charge in [-0.1, -0.05) is 37.3 Å². The molecule has 0 heterocycles. The molecule has 0 radical (unpaired) electrons. The molecule has 70 valence electrons. The Hall–Kier alpha value is -1.08. The van der Waals surface area contributed by atoms with Crippen molar-refractivity contribution in [2.24, 2.45) is 5.73 Å². The van der Waals surface area contributed by atoms with Gasteiger partial charge in [0.1, 0.15) is 0 Å². The molecule has 0 bridgehead atoms. The minimum atomic E-state index is 0.606. The molecular weight excluding hydrogens is 158 g/mol. The minimum absolute atomic E-state index is 0.606. The quantitative estimate of drug-likeness (QED) is 0.750. The lowest BCUT2D eigenvalue weighted by molar-refractivity contribution is 1.11. The van der Waals surface area contributed by atoms with Crippen molar-refractivity contribution < 1.29 is 0 Å². The molecule has 1 aromatic rings. The van der Waals surface area contributed by atoms with Gasteiger partial charge in [0, 0.05) is 6.54 Å². The maximum atomic E-state index is 5.38. The molecule has 2 N–H and O–H groups in total. The van der Waals surface area contributed by atoms with Crippen molar-refractivity contribution >= 4 is 6.08 Å². The second-order valence-electron chi connectivity index (χ2n) is 3.18. The van der Waals surface area contributed by atoms with Crippen LogP contribution >= 0.6 is 0 Å². The molecule has 0 aliphatic heterocycles. The number of hydrogen-bond acceptors (Lipinski definition) is 1. The van der Waals surface area contributed by atoms with Crippen molar-refractivity contribution in [3.05, 3.63) is 41.0 Å². The van der Waals surface area contributed by atoms with Crippen molar-refractivity contribution in [1.29, 1.82) is 0 Å². The van der Waals surface area contributed by atoms with Crippen LogP contribution in [0.4, 0.5) is 0 Å². The number of rotatable bonds is 3. The Labute approximate surface area is 80.3 Å². The first-order valence-electron chi connectivity index (χ1n) is 4.74. The summed E-state index contributed by atoms with van der Waals surface area (Å²) in [6.07, 6.45) is 5.14. The molecule has 0 spiro atoms. The van der Waals surface area contributed by atoms with Gasteiger partial charge in [-0.25, -0.2) is 0 Å². The van der Waals surface area contributed by atoms with Crippen LogP contribution in [-0.4, -0.2) is 6.54 Å². The van der Waals surface area contributed by atoms with Crippen LogP contribution in [0, 0.1) is 6.92 Å². The van der Waals surface area contributed by atoms with E-state index in [0.29, 0.717) is 6.54 Å². The van der Waals surface area contributed by atoms with Crippen molar-refractivity contribution in [2.45, 2.75) is 20.3 Å². The fourth-order valence-electron chi connectivity index (χ4n) is 1.42. The maximum absolute atomic E-state index is 5.38. The van der Waals surface area contributed by atoms with Gasteiger partial charge in [0.05, 0.1) is 0 Å². The fraction of sp³-hybridized carbons (Fsp3) is 0.333. The van der Waals surface area contributed by atoms with Gasteiger partial charge in [-0.2, -0.15) is 0 Å². The molecule has 0 atom stereocenters. The van der Waals surface area contributed by atoms with Gasteiger partial charge in [0.15, 0.2) is 0 Å². The van der Waals surface area contributed by atoms with Crippen LogP contribution < -0.4 is 5.73 Å². The normalized spacial score (nSPS) is 11.0. The van der Waals surface area contributed by atoms with Crippen molar-refractivity contribution in [3.63, 3.8) is 0 Å². The Morgan fingerprint density at radius 2 is 2.15 bits per heavy atom. The molecule has 0 fully saturated rings. The summed E-state index contributed by atoms with van der Waals surface area (Å²) in [5.41, 5.74) is 9.40. The van der Waals surface area contributed by atoms with Crippen molar-refractivity contribution in [3.8, 4) is 0 Å². The predicted molar refractivity (Wildman–Crippen MR) is 58.6 cm³/mol. The Bertz CT molecular complexity index is 300. The third kappa shape index (κ3) is 2.71. The molecule has 13 heavy (non-hydrogen) atoms. The van der Waals surface area contributed by atoms with Gasteiger partial charge in [-0.05, 0) is 30.0 Å². The van der Waals surface area contributed by atoms with Gasteiger partial charge in [0.2, 0.25) is 0 Å². The standard InChI is InChI=1S/C12H17N/c1-3-12-7-6-11(5-4-8-13)9-10(12)2/h4-7,9H,3,8,13H2,1-2H3/b5-4+. The summed E-state index contributed by atoms with van der Waals surface area (Å²) >= 11 is 0. The zero-order valence-corrected chi connectivity index (χ0v) is 8.38. The number of nitrogens with two attached hydrogens (primary N) is 1. The third-order valence-corrected chi connectivity index (χ3v) is 2.19. The molecule has 0 aliphatic rings. The largest absolute Gasteiger partial charge is 0.327 e. The van der Waals surface area contributed by atoms with E-state index in [1.165, 1.54) is 16.7 Å². The van der Waals surface area contributed by atoms with Crippen molar-refractivity contribution in [2.75, 3.05) is 6.54 Å². The lowest BCUT2D eigenvalue weighted by atomic mass is 10.0. The summed E-state index contributed by atoms with van der Waals surface area (Å²) in [5.74, 6) is 0. The van der Waals surface area contributed by atoms with Gasteiger partial charge in [-0.3, -0.25) is 0 Å². The molecule has 1 aromatic carbocycles. The highest BCUT2D eigenvalue weighted by Gasteiger charge is 1.95. The highest BCUT2D eigenvalue weighted by Crippen LogP contribution is 2.12. The molecule has 0 aliphatic carbocycles. The van der Waals surface area contributed by atoms with E-state index in [1.807, 2.05) is 6.08 Å². The van der Waals surface area contributed by atoms with E-state index in [1.54, 1.807) is 0 Å². The van der Waals surface area contributed by atoms with Crippen LogP contribution in [0.5, 0.6) is 0 Å². The molecule has 0 saturated heterocycles. The lowest BCUT2D eigenvalue weighted by Gasteiger charge is -2.03. The lowest BCUT2D eigenvalue weighted by Crippen LogP contribution is -1.92. The first-order chi connectivity index (χ1) is 6.27. The summed E-state index contributed by atoms with van der Waals surface area (Å²) in [4.78, 5) is 0. The second-order valence-corrected chi connectivity index (χ2v) is 3.18. The average Bonchev–Trinajstić information content (AvgIpc) is 2.15. The van der Waals surface area contributed by atoms with Crippen LogP contribution in [0.3, 0.4) is 0 Å². The van der Waals surface area contributed by atoms with E-state index in [4.69, 9.17) is 5.73 Å². The predicted octanol–water partition coefficient (Wildman–Crippen LogP) is 2.53. The van der Waals surface area contributed by atoms with Crippen molar-refractivity contribution in [1.82, 2.24) is 0 Å². The van der Waals surface area contributed by atoms with Crippen LogP contribution in [0.15, 0.2) is 24.3 Å². The SMILES string of the molecule is CCc1ccc(/C=C/CN)cc1C. The molecule has 1 nitrogen and oxygen atoms in total. The summed E-state index contributed by atoms with van der Waals surface area (Å²) in [7, 11) is 0. The highest BCUT2D eigenvalue weighted by molar-refractivity contribution is 5.51. The molecule has 0 aromatic heterocycles. The van der Waals surface area contributed by atoms with E-state index in [-0.39, 0.29) is 0 Å². The number of hydrogen-bond donors (Lipinski definition) is 1. The molecule has 0 unspecified atom stereocenters. The van der Waals surface area contributed by atoms with Crippen LogP contribution in [0.25, 0.3) is 6.08 Å². The summed E-state index contributed by atoms with van der Waals surface area (Å²) < 4.78 is 0. The van der Waals surface area contributed by atoms with Gasteiger partial charge in [-0.15, -0.1) is 0 Å². The Morgan fingerprint density at radius 1 is 1.38 bits per heavy atom. The number of aryl methyl sites for hydroxylation is 2. The Kier molecular flexibility index (Phi) is 3.71. The third-order valence-electron chi connectivity index (χ3n) is 2.19. The zero-order chi connectivity index (χ0) is 9.68. The summed E-state index contributed by atoms with van der Waals surface area (Å²) in [6.45, 7) is 4.94. The molecule has 1 rings (SSSR count). The van der Waals surface area contributed by atoms with Crippen LogP contribution in [0.1, 0.15) is 23.6 Å². The molecular formula is C12H17N. The monoisotopic (exact) mass is 175 g/mol. The maximum Gasteiger partial charge on any atom is 0.0110 e. The summed E-state index contributed by atoms with van der Waals surface area (Å²) in [6, 6.07) is 6.52. The molecule has 0 saturated carbocycles. The number of benzene rings is 1. The van der Waals surface area contributed by atoms with E-state index >= 15 is 0 Å². The molecule has 0 amide bonds. The van der Waals surface area contributed by atoms with E-state index in [2.05, 4.69) is 38.1 Å². The topological polar surface area (TPSA) is 26.0 Å². The first-order valence-corrected chi connectivity index (χ1v) is 4.74. The second kappa shape index (κ2) is 4.83. The Morgan fingerprint density at radius 3 is 2.69 bits per heavy atom. The van der Waals surface area contributed by atoms with E-state index in [0.717, 1.165) is 6.42 Å². The average molecular weight is 175 g/mol. The van der Waals surface area contributed by atoms with Gasteiger partial charge >= 0.3 is 0 Å². The smallest absolute Gasteiger partial charge is 0.0110 e. The van der Waals surface area contributed by atoms with Gasteiger partial charge in [0.25, 0.3) is 0 Å². The first kappa shape index (κ1) is 10.0.